The van der Waals surface area contributed by atoms with E-state index in [-0.39, 0.29) is 0 Å². The minimum Gasteiger partial charge on any atom is -0.364 e. The fourth-order valence-electron chi connectivity index (χ4n) is 2.58. The molecule has 0 unspecified atom stereocenters. The van der Waals surface area contributed by atoms with Gasteiger partial charge in [0.2, 0.25) is 0 Å². The summed E-state index contributed by atoms with van der Waals surface area (Å²) >= 11 is 1.47. The molecule has 4 rings (SSSR count). The molecule has 23 heavy (non-hydrogen) atoms. The van der Waals surface area contributed by atoms with E-state index in [1.807, 2.05) is 25.3 Å². The van der Waals surface area contributed by atoms with Gasteiger partial charge in [0.05, 0.1) is 22.5 Å². The summed E-state index contributed by atoms with van der Waals surface area (Å²) in [5, 5.41) is 7.61. The molecule has 1 saturated carbocycles. The molecule has 0 radical (unpaired) electrons. The van der Waals surface area contributed by atoms with Gasteiger partial charge >= 0.3 is 0 Å². The average Bonchev–Trinajstić information content (AvgIpc) is 2.95. The highest BCUT2D eigenvalue weighted by molar-refractivity contribution is 7.19. The number of nitrogens with zero attached hydrogens (tertiary/aromatic N) is 3. The standard InChI is InChI=1S/C15H16N6OS/c1-8-2-5-11(19-8)13-12(14(16)22)20-15(23-13)21(9-3-4-9)10-6-17-18-7-10/h2,5-7,9,19H,3-4H2,1H3,(H2,16,22)(H,17,18). The number of carbonyl (C=O) groups excluding carboxylic acids is 1. The zero-order chi connectivity index (χ0) is 16.0. The van der Waals surface area contributed by atoms with Gasteiger partial charge in [-0.05, 0) is 31.9 Å². The van der Waals surface area contributed by atoms with Crippen molar-refractivity contribution in [3.8, 4) is 10.6 Å². The molecule has 0 spiro atoms. The summed E-state index contributed by atoms with van der Waals surface area (Å²) < 4.78 is 0. The zero-order valence-electron chi connectivity index (χ0n) is 12.5. The second kappa shape index (κ2) is 5.24. The molecule has 3 heterocycles. The maximum atomic E-state index is 11.8. The van der Waals surface area contributed by atoms with Crippen molar-refractivity contribution in [1.29, 1.82) is 0 Å². The van der Waals surface area contributed by atoms with Crippen LogP contribution in [0.4, 0.5) is 10.8 Å². The lowest BCUT2D eigenvalue weighted by Gasteiger charge is -2.18. The second-order valence-electron chi connectivity index (χ2n) is 5.65. The van der Waals surface area contributed by atoms with Crippen LogP contribution >= 0.6 is 11.3 Å². The molecule has 0 aromatic carbocycles. The fourth-order valence-corrected chi connectivity index (χ4v) is 3.73. The molecule has 0 bridgehead atoms. The van der Waals surface area contributed by atoms with Gasteiger partial charge < -0.3 is 15.6 Å². The zero-order valence-corrected chi connectivity index (χ0v) is 13.4. The van der Waals surface area contributed by atoms with E-state index in [0.717, 1.165) is 39.9 Å². The van der Waals surface area contributed by atoms with E-state index in [9.17, 15) is 4.79 Å². The third-order valence-corrected chi connectivity index (χ3v) is 4.89. The van der Waals surface area contributed by atoms with Crippen LogP contribution < -0.4 is 10.6 Å². The van der Waals surface area contributed by atoms with E-state index >= 15 is 0 Å². The van der Waals surface area contributed by atoms with Gasteiger partial charge in [0.15, 0.2) is 10.8 Å². The minimum absolute atomic E-state index is 0.306. The van der Waals surface area contributed by atoms with Crippen LogP contribution in [0.2, 0.25) is 0 Å². The summed E-state index contributed by atoms with van der Waals surface area (Å²) in [5.74, 6) is -0.516. The van der Waals surface area contributed by atoms with Crippen molar-refractivity contribution in [2.75, 3.05) is 4.90 Å². The summed E-state index contributed by atoms with van der Waals surface area (Å²) in [6.45, 7) is 1.97. The average molecular weight is 328 g/mol. The number of nitrogens with one attached hydrogen (secondary N) is 2. The van der Waals surface area contributed by atoms with Crippen molar-refractivity contribution in [1.82, 2.24) is 20.2 Å². The van der Waals surface area contributed by atoms with E-state index in [1.165, 1.54) is 11.3 Å². The second-order valence-corrected chi connectivity index (χ2v) is 6.63. The van der Waals surface area contributed by atoms with Crippen molar-refractivity contribution in [2.24, 2.45) is 5.73 Å². The first-order valence-corrected chi connectivity index (χ1v) is 8.20. The van der Waals surface area contributed by atoms with Gasteiger partial charge in [-0.1, -0.05) is 11.3 Å². The number of hydrogen-bond donors (Lipinski definition) is 3. The minimum atomic E-state index is -0.516. The molecule has 0 aliphatic heterocycles. The number of aryl methyl sites for hydroxylation is 1. The Morgan fingerprint density at radius 2 is 2.26 bits per heavy atom. The molecule has 3 aromatic heterocycles. The monoisotopic (exact) mass is 328 g/mol. The van der Waals surface area contributed by atoms with E-state index in [4.69, 9.17) is 5.73 Å². The number of hydrogen-bond acceptors (Lipinski definition) is 5. The van der Waals surface area contributed by atoms with Crippen molar-refractivity contribution >= 4 is 28.1 Å². The quantitative estimate of drug-likeness (QED) is 0.669. The number of amides is 1. The predicted octanol–water partition coefficient (Wildman–Crippen LogP) is 2.57. The lowest BCUT2D eigenvalue weighted by Crippen LogP contribution is -2.19. The van der Waals surface area contributed by atoms with E-state index in [0.29, 0.717) is 11.7 Å². The number of anilines is 2. The van der Waals surface area contributed by atoms with E-state index in [2.05, 4.69) is 25.1 Å². The van der Waals surface area contributed by atoms with Crippen LogP contribution in [0.3, 0.4) is 0 Å². The predicted molar refractivity (Wildman–Crippen MR) is 88.9 cm³/mol. The fraction of sp³-hybridized carbons (Fsp3) is 0.267. The Bertz CT molecular complexity index is 845. The van der Waals surface area contributed by atoms with Gasteiger partial charge in [-0.3, -0.25) is 9.89 Å². The van der Waals surface area contributed by atoms with Gasteiger partial charge in [-0.15, -0.1) is 0 Å². The van der Waals surface area contributed by atoms with Gasteiger partial charge in [0.1, 0.15) is 0 Å². The highest BCUT2D eigenvalue weighted by Gasteiger charge is 2.34. The van der Waals surface area contributed by atoms with Crippen LogP contribution in [0.5, 0.6) is 0 Å². The van der Waals surface area contributed by atoms with Crippen molar-refractivity contribution in [2.45, 2.75) is 25.8 Å². The molecule has 0 saturated heterocycles. The largest absolute Gasteiger partial charge is 0.364 e. The molecular formula is C15H16N6OS. The molecule has 8 heteroatoms. The maximum absolute atomic E-state index is 11.8. The number of aromatic amines is 2. The van der Waals surface area contributed by atoms with Crippen LogP contribution in [-0.2, 0) is 0 Å². The summed E-state index contributed by atoms with van der Waals surface area (Å²) in [7, 11) is 0. The molecule has 1 aliphatic rings. The number of primary amides is 1. The Hall–Kier alpha value is -2.61. The number of carbonyl (C=O) groups is 1. The molecule has 1 amide bonds. The van der Waals surface area contributed by atoms with Crippen molar-refractivity contribution in [3.05, 3.63) is 35.9 Å². The highest BCUT2D eigenvalue weighted by atomic mass is 32.1. The number of nitrogens with two attached hydrogens (primary N) is 1. The number of H-pyrrole nitrogens is 2. The molecule has 1 aliphatic carbocycles. The van der Waals surface area contributed by atoms with Gasteiger partial charge in [0.25, 0.3) is 5.91 Å². The van der Waals surface area contributed by atoms with Gasteiger partial charge in [0, 0.05) is 17.9 Å². The van der Waals surface area contributed by atoms with E-state index < -0.39 is 5.91 Å². The highest BCUT2D eigenvalue weighted by Crippen LogP contribution is 2.42. The molecule has 4 N–H and O–H groups in total. The molecule has 3 aromatic rings. The van der Waals surface area contributed by atoms with Crippen molar-refractivity contribution in [3.63, 3.8) is 0 Å². The Morgan fingerprint density at radius 1 is 1.43 bits per heavy atom. The molecule has 7 nitrogen and oxygen atoms in total. The smallest absolute Gasteiger partial charge is 0.268 e. The lowest BCUT2D eigenvalue weighted by atomic mass is 10.3. The van der Waals surface area contributed by atoms with E-state index in [1.54, 1.807) is 6.20 Å². The van der Waals surface area contributed by atoms with Crippen LogP contribution in [-0.4, -0.2) is 32.1 Å². The summed E-state index contributed by atoms with van der Waals surface area (Å²) in [6.07, 6.45) is 5.81. The first-order valence-electron chi connectivity index (χ1n) is 7.38. The summed E-state index contributed by atoms with van der Waals surface area (Å²) in [5.41, 5.74) is 8.68. The van der Waals surface area contributed by atoms with Gasteiger partial charge in [-0.2, -0.15) is 5.10 Å². The van der Waals surface area contributed by atoms with Gasteiger partial charge in [-0.25, -0.2) is 4.98 Å². The van der Waals surface area contributed by atoms with Crippen molar-refractivity contribution < 1.29 is 4.79 Å². The Morgan fingerprint density at radius 3 is 2.83 bits per heavy atom. The lowest BCUT2D eigenvalue weighted by molar-refractivity contribution is 0.0997. The topological polar surface area (TPSA) is 104 Å². The number of rotatable bonds is 5. The molecule has 118 valence electrons. The third kappa shape index (κ3) is 2.50. The van der Waals surface area contributed by atoms with Crippen LogP contribution in [0.15, 0.2) is 24.5 Å². The first kappa shape index (κ1) is 14.0. The number of aromatic nitrogens is 4. The molecule has 1 fully saturated rings. The number of thiazole rings is 1. The summed E-state index contributed by atoms with van der Waals surface area (Å²) in [6, 6.07) is 4.31. The SMILES string of the molecule is Cc1ccc(-c2sc(N(c3cn[nH]c3)C3CC3)nc2C(N)=O)[nH]1. The Kier molecular flexibility index (Phi) is 3.19. The Labute approximate surface area is 136 Å². The van der Waals surface area contributed by atoms with Crippen LogP contribution in [0.1, 0.15) is 29.0 Å². The normalized spacial score (nSPS) is 14.1. The molecular weight excluding hydrogens is 312 g/mol. The molecule has 0 atom stereocenters. The van der Waals surface area contributed by atoms with Crippen LogP contribution in [0.25, 0.3) is 10.6 Å². The van der Waals surface area contributed by atoms with Crippen LogP contribution in [0, 0.1) is 6.92 Å². The first-order chi connectivity index (χ1) is 11.1. The third-order valence-electron chi connectivity index (χ3n) is 3.81. The Balaban J connectivity index is 1.81. The maximum Gasteiger partial charge on any atom is 0.268 e. The summed E-state index contributed by atoms with van der Waals surface area (Å²) in [4.78, 5) is 22.5.